The van der Waals surface area contributed by atoms with Gasteiger partial charge in [0, 0.05) is 12.0 Å². The molecule has 0 spiro atoms. The maximum Gasteiger partial charge on any atom is 0.254 e. The molecule has 1 unspecified atom stereocenters. The fraction of sp³-hybridized carbons (Fsp3) is 0.474. The molecule has 0 radical (unpaired) electrons. The Hall–Kier alpha value is -2.41. The minimum absolute atomic E-state index is 0.0653. The lowest BCUT2D eigenvalue weighted by molar-refractivity contribution is 0.0999. The number of rotatable bonds is 4. The molecule has 7 heteroatoms. The molecule has 1 aliphatic carbocycles. The van der Waals surface area contributed by atoms with Gasteiger partial charge in [-0.15, -0.1) is 0 Å². The Balaban J connectivity index is 1.65. The number of benzene rings is 1. The number of amides is 1. The largest absolute Gasteiger partial charge is 0.383 e. The lowest BCUT2D eigenvalue weighted by Gasteiger charge is -2.24. The summed E-state index contributed by atoms with van der Waals surface area (Å²) in [6.07, 6.45) is 4.48. The molecule has 4 rings (SSSR count). The third kappa shape index (κ3) is 3.07. The highest BCUT2D eigenvalue weighted by molar-refractivity contribution is 5.98. The summed E-state index contributed by atoms with van der Waals surface area (Å²) in [4.78, 5) is 12.0. The van der Waals surface area contributed by atoms with E-state index in [1.807, 2.05) is 6.07 Å². The first-order valence-electron chi connectivity index (χ1n) is 9.19. The lowest BCUT2D eigenvalue weighted by Crippen LogP contribution is -2.28. The number of aromatic nitrogens is 2. The Morgan fingerprint density at radius 2 is 2.19 bits per heavy atom. The van der Waals surface area contributed by atoms with Gasteiger partial charge >= 0.3 is 0 Å². The van der Waals surface area contributed by atoms with Crippen molar-refractivity contribution in [2.45, 2.75) is 50.6 Å². The van der Waals surface area contributed by atoms with Gasteiger partial charge in [-0.05, 0) is 61.9 Å². The van der Waals surface area contributed by atoms with E-state index in [1.54, 1.807) is 10.7 Å². The topological polar surface area (TPSA) is 99.0 Å². The van der Waals surface area contributed by atoms with Crippen LogP contribution in [0.25, 0.3) is 0 Å². The van der Waals surface area contributed by atoms with Crippen molar-refractivity contribution < 1.29 is 9.18 Å². The average molecular weight is 357 g/mol. The molecular formula is C19H24FN5O. The molecule has 1 aromatic carbocycles. The summed E-state index contributed by atoms with van der Waals surface area (Å²) < 4.78 is 15.2. The summed E-state index contributed by atoms with van der Waals surface area (Å²) in [5, 5.41) is 8.11. The number of primary amides is 1. The summed E-state index contributed by atoms with van der Waals surface area (Å²) in [5.74, 6) is -0.327. The first kappa shape index (κ1) is 17.0. The van der Waals surface area contributed by atoms with Crippen LogP contribution in [0.5, 0.6) is 0 Å². The number of carbonyl (C=O) groups excluding carboxylic acids is 1. The molecule has 1 amide bonds. The van der Waals surface area contributed by atoms with Crippen LogP contribution in [0.4, 0.5) is 10.2 Å². The number of fused-ring (bicyclic) bond motifs is 1. The lowest BCUT2D eigenvalue weighted by atomic mass is 9.81. The number of halogens is 1. The summed E-state index contributed by atoms with van der Waals surface area (Å²) in [6, 6.07) is 5.22. The third-order valence-electron chi connectivity index (χ3n) is 5.60. The second-order valence-electron chi connectivity index (χ2n) is 7.34. The smallest absolute Gasteiger partial charge is 0.254 e. The van der Waals surface area contributed by atoms with Crippen LogP contribution in [-0.2, 0) is 19.4 Å². The number of nitrogens with zero attached hydrogens (tertiary/aromatic N) is 2. The quantitative estimate of drug-likeness (QED) is 0.776. The van der Waals surface area contributed by atoms with Crippen LogP contribution in [0.15, 0.2) is 18.2 Å². The number of hydrogen-bond donors (Lipinski definition) is 3. The van der Waals surface area contributed by atoms with E-state index in [9.17, 15) is 9.18 Å². The highest BCUT2D eigenvalue weighted by atomic mass is 19.1. The maximum absolute atomic E-state index is 13.4. The van der Waals surface area contributed by atoms with Crippen molar-refractivity contribution in [3.05, 3.63) is 46.4 Å². The van der Waals surface area contributed by atoms with E-state index in [0.29, 0.717) is 36.1 Å². The third-order valence-corrected chi connectivity index (χ3v) is 5.60. The van der Waals surface area contributed by atoms with Crippen LogP contribution >= 0.6 is 0 Å². The van der Waals surface area contributed by atoms with Gasteiger partial charge in [0.25, 0.3) is 5.91 Å². The van der Waals surface area contributed by atoms with Crippen LogP contribution in [0.1, 0.15) is 52.4 Å². The molecule has 6 nitrogen and oxygen atoms in total. The van der Waals surface area contributed by atoms with Gasteiger partial charge < -0.3 is 16.8 Å². The van der Waals surface area contributed by atoms with Gasteiger partial charge in [-0.25, -0.2) is 9.07 Å². The molecule has 1 saturated heterocycles. The summed E-state index contributed by atoms with van der Waals surface area (Å²) in [7, 11) is 0. The highest BCUT2D eigenvalue weighted by Gasteiger charge is 2.30. The van der Waals surface area contributed by atoms with Gasteiger partial charge in [-0.3, -0.25) is 4.79 Å². The van der Waals surface area contributed by atoms with Gasteiger partial charge in [-0.1, -0.05) is 6.07 Å². The molecule has 0 bridgehead atoms. The van der Waals surface area contributed by atoms with Crippen LogP contribution in [0, 0.1) is 5.82 Å². The number of aryl methyl sites for hydroxylation is 1. The van der Waals surface area contributed by atoms with E-state index >= 15 is 0 Å². The normalized spacial score (nSPS) is 22.3. The molecule has 1 aliphatic heterocycles. The fourth-order valence-electron chi connectivity index (χ4n) is 4.25. The predicted molar refractivity (Wildman–Crippen MR) is 97.3 cm³/mol. The van der Waals surface area contributed by atoms with Gasteiger partial charge in [0.2, 0.25) is 0 Å². The minimum Gasteiger partial charge on any atom is -0.383 e. The molecule has 1 fully saturated rings. The Morgan fingerprint density at radius 1 is 1.35 bits per heavy atom. The standard InChI is InChI=1S/C19H24FN5O/c20-14-6-5-11-8-13(4-3-12(11)9-14)17-16(19(22)26)18(21)25(24-17)10-15-2-1-7-23-15/h5-6,9,13,15,23H,1-4,7-8,10,21H2,(H2,22,26)/t13?,15-/m0/s1. The van der Waals surface area contributed by atoms with Gasteiger partial charge in [-0.2, -0.15) is 5.10 Å². The van der Waals surface area contributed by atoms with Crippen LogP contribution < -0.4 is 16.8 Å². The Bertz CT molecular complexity index is 841. The molecule has 2 heterocycles. The van der Waals surface area contributed by atoms with E-state index in [1.165, 1.54) is 6.07 Å². The zero-order valence-electron chi connectivity index (χ0n) is 14.7. The number of hydrogen-bond acceptors (Lipinski definition) is 4. The Kier molecular flexibility index (Phi) is 4.40. The van der Waals surface area contributed by atoms with E-state index in [0.717, 1.165) is 43.4 Å². The summed E-state index contributed by atoms with van der Waals surface area (Å²) >= 11 is 0. The van der Waals surface area contributed by atoms with Gasteiger partial charge in [0.15, 0.2) is 0 Å². The monoisotopic (exact) mass is 357 g/mol. The number of nitrogen functional groups attached to an aromatic ring is 1. The molecule has 2 aliphatic rings. The SMILES string of the molecule is NC(=O)c1c(C2CCc3cc(F)ccc3C2)nn(C[C@@H]2CCCN2)c1N. The number of nitrogens with one attached hydrogen (secondary N) is 1. The summed E-state index contributed by atoms with van der Waals surface area (Å²) in [6.45, 7) is 1.64. The first-order valence-corrected chi connectivity index (χ1v) is 9.19. The van der Waals surface area contributed by atoms with Crippen LogP contribution in [0.3, 0.4) is 0 Å². The highest BCUT2D eigenvalue weighted by Crippen LogP contribution is 2.35. The molecule has 5 N–H and O–H groups in total. The van der Waals surface area contributed by atoms with Crippen molar-refractivity contribution in [2.75, 3.05) is 12.3 Å². The molecular weight excluding hydrogens is 333 g/mol. The number of carbonyl (C=O) groups is 1. The van der Waals surface area contributed by atoms with Crippen molar-refractivity contribution in [3.63, 3.8) is 0 Å². The van der Waals surface area contributed by atoms with E-state index in [4.69, 9.17) is 11.5 Å². The van der Waals surface area contributed by atoms with Crippen molar-refractivity contribution >= 4 is 11.7 Å². The second-order valence-corrected chi connectivity index (χ2v) is 7.34. The predicted octanol–water partition coefficient (Wildman–Crippen LogP) is 1.73. The Morgan fingerprint density at radius 3 is 2.92 bits per heavy atom. The Labute approximate surface area is 151 Å². The van der Waals surface area contributed by atoms with Crippen molar-refractivity contribution in [1.29, 1.82) is 0 Å². The number of anilines is 1. The van der Waals surface area contributed by atoms with Crippen molar-refractivity contribution in [2.24, 2.45) is 5.73 Å². The van der Waals surface area contributed by atoms with Crippen molar-refractivity contribution in [1.82, 2.24) is 15.1 Å². The number of nitrogens with two attached hydrogens (primary N) is 2. The molecule has 0 saturated carbocycles. The minimum atomic E-state index is -0.534. The van der Waals surface area contributed by atoms with E-state index in [-0.39, 0.29) is 11.7 Å². The van der Waals surface area contributed by atoms with Crippen molar-refractivity contribution in [3.8, 4) is 0 Å². The molecule has 2 aromatic rings. The molecule has 26 heavy (non-hydrogen) atoms. The first-order chi connectivity index (χ1) is 12.5. The fourth-order valence-corrected chi connectivity index (χ4v) is 4.25. The average Bonchev–Trinajstić information content (AvgIpc) is 3.23. The maximum atomic E-state index is 13.4. The molecule has 1 aromatic heterocycles. The molecule has 2 atom stereocenters. The zero-order valence-corrected chi connectivity index (χ0v) is 14.7. The van der Waals surface area contributed by atoms with E-state index < -0.39 is 5.91 Å². The van der Waals surface area contributed by atoms with E-state index in [2.05, 4.69) is 10.4 Å². The second kappa shape index (κ2) is 6.72. The zero-order chi connectivity index (χ0) is 18.3. The van der Waals surface area contributed by atoms with Crippen LogP contribution in [-0.4, -0.2) is 28.3 Å². The summed E-state index contributed by atoms with van der Waals surface area (Å²) in [5.41, 5.74) is 15.0. The van der Waals surface area contributed by atoms with Gasteiger partial charge in [0.1, 0.15) is 17.2 Å². The van der Waals surface area contributed by atoms with Gasteiger partial charge in [0.05, 0.1) is 12.2 Å². The molecule has 138 valence electrons. The van der Waals surface area contributed by atoms with Crippen LogP contribution in [0.2, 0.25) is 0 Å².